The van der Waals surface area contributed by atoms with Crippen LogP contribution in [0.15, 0.2) is 28.9 Å². The quantitative estimate of drug-likeness (QED) is 0.765. The van der Waals surface area contributed by atoms with E-state index >= 15 is 0 Å². The zero-order valence-electron chi connectivity index (χ0n) is 7.08. The van der Waals surface area contributed by atoms with Gasteiger partial charge < -0.3 is 5.11 Å². The van der Waals surface area contributed by atoms with Crippen LogP contribution in [0.1, 0.15) is 5.56 Å². The largest absolute Gasteiger partial charge is 0.506 e. The van der Waals surface area contributed by atoms with E-state index in [2.05, 4.69) is 20.9 Å². The molecule has 0 bridgehead atoms. The Balaban J connectivity index is 2.87. The lowest BCUT2D eigenvalue weighted by Crippen LogP contribution is -1.83. The van der Waals surface area contributed by atoms with E-state index in [0.29, 0.717) is 0 Å². The third kappa shape index (κ3) is 1.40. The number of hydrogen-bond acceptors (Lipinski definition) is 2. The van der Waals surface area contributed by atoms with E-state index in [9.17, 15) is 5.11 Å². The maximum absolute atomic E-state index is 9.21. The number of nitrogens with zero attached hydrogens (tertiary/aromatic N) is 1. The molecule has 3 heteroatoms. The summed E-state index contributed by atoms with van der Waals surface area (Å²) in [5.74, 6) is 0.197. The van der Waals surface area contributed by atoms with Crippen molar-refractivity contribution in [1.29, 1.82) is 0 Å². The number of rotatable bonds is 0. The fourth-order valence-electron chi connectivity index (χ4n) is 1.26. The molecule has 0 spiro atoms. The molecule has 2 aromatic rings. The van der Waals surface area contributed by atoms with Gasteiger partial charge >= 0.3 is 0 Å². The third-order valence-corrected chi connectivity index (χ3v) is 2.97. The highest BCUT2D eigenvalue weighted by Crippen LogP contribution is 2.27. The van der Waals surface area contributed by atoms with Crippen molar-refractivity contribution in [3.8, 4) is 5.75 Å². The minimum absolute atomic E-state index is 0.197. The first-order valence-electron chi connectivity index (χ1n) is 3.92. The molecule has 1 heterocycles. The smallest absolute Gasteiger partial charge is 0.134 e. The Bertz CT molecular complexity index is 468. The topological polar surface area (TPSA) is 33.1 Å². The fourth-order valence-corrected chi connectivity index (χ4v) is 1.72. The molecule has 0 amide bonds. The van der Waals surface area contributed by atoms with Gasteiger partial charge in [-0.15, -0.1) is 0 Å². The van der Waals surface area contributed by atoms with Gasteiger partial charge in [0.25, 0.3) is 0 Å². The van der Waals surface area contributed by atoms with Crippen molar-refractivity contribution in [1.82, 2.24) is 4.98 Å². The van der Waals surface area contributed by atoms with E-state index in [1.165, 1.54) is 6.20 Å². The summed E-state index contributed by atoms with van der Waals surface area (Å²) in [5, 5.41) is 10.2. The monoisotopic (exact) mass is 237 g/mol. The van der Waals surface area contributed by atoms with Gasteiger partial charge in [-0.3, -0.25) is 4.98 Å². The summed E-state index contributed by atoms with van der Waals surface area (Å²) < 4.78 is 0.991. The van der Waals surface area contributed by atoms with Gasteiger partial charge in [0, 0.05) is 9.86 Å². The minimum atomic E-state index is 0.197. The molecule has 0 saturated heterocycles. The van der Waals surface area contributed by atoms with Crippen molar-refractivity contribution in [2.75, 3.05) is 0 Å². The molecular weight excluding hydrogens is 230 g/mol. The number of hydrogen-bond donors (Lipinski definition) is 1. The van der Waals surface area contributed by atoms with Crippen molar-refractivity contribution >= 4 is 26.8 Å². The summed E-state index contributed by atoms with van der Waals surface area (Å²) in [6, 6.07) is 5.64. The van der Waals surface area contributed by atoms with E-state index in [4.69, 9.17) is 0 Å². The van der Waals surface area contributed by atoms with Gasteiger partial charge in [0.2, 0.25) is 0 Å². The Morgan fingerprint density at radius 1 is 1.38 bits per heavy atom. The second-order valence-corrected chi connectivity index (χ2v) is 3.75. The lowest BCUT2D eigenvalue weighted by molar-refractivity contribution is 0.474. The molecular formula is C10H8BrNO. The summed E-state index contributed by atoms with van der Waals surface area (Å²) in [4.78, 5) is 4.14. The Labute approximate surface area is 84.4 Å². The summed E-state index contributed by atoms with van der Waals surface area (Å²) >= 11 is 3.46. The van der Waals surface area contributed by atoms with Crippen molar-refractivity contribution in [2.24, 2.45) is 0 Å². The Morgan fingerprint density at radius 2 is 2.15 bits per heavy atom. The van der Waals surface area contributed by atoms with Crippen LogP contribution in [-0.4, -0.2) is 10.1 Å². The van der Waals surface area contributed by atoms with Gasteiger partial charge in [-0.05, 0) is 34.5 Å². The molecule has 2 nitrogen and oxygen atoms in total. The molecule has 0 aliphatic rings. The van der Waals surface area contributed by atoms with Crippen molar-refractivity contribution in [2.45, 2.75) is 6.92 Å². The summed E-state index contributed by atoms with van der Waals surface area (Å²) in [6.07, 6.45) is 1.45. The van der Waals surface area contributed by atoms with E-state index in [1.807, 2.05) is 19.1 Å². The number of pyridine rings is 1. The Morgan fingerprint density at radius 3 is 2.92 bits per heavy atom. The molecule has 0 saturated carbocycles. The standard InChI is InChI=1S/C10H8BrNO/c1-6-2-3-7-4-8(13)5-12-10(7)9(6)11/h2-5,13H,1H3. The second kappa shape index (κ2) is 3.00. The third-order valence-electron chi connectivity index (χ3n) is 1.97. The molecule has 0 radical (unpaired) electrons. The van der Waals surface area contributed by atoms with Gasteiger partial charge in [-0.2, -0.15) is 0 Å². The first kappa shape index (κ1) is 8.51. The molecule has 0 fully saturated rings. The highest BCUT2D eigenvalue weighted by Gasteiger charge is 2.03. The van der Waals surface area contributed by atoms with Gasteiger partial charge in [0.05, 0.1) is 11.7 Å². The maximum Gasteiger partial charge on any atom is 0.134 e. The van der Waals surface area contributed by atoms with Crippen LogP contribution < -0.4 is 0 Å². The minimum Gasteiger partial charge on any atom is -0.506 e. The zero-order valence-corrected chi connectivity index (χ0v) is 8.67. The van der Waals surface area contributed by atoms with E-state index in [0.717, 1.165) is 20.9 Å². The number of benzene rings is 1. The average molecular weight is 238 g/mol. The Hall–Kier alpha value is -1.09. The highest BCUT2D eigenvalue weighted by molar-refractivity contribution is 9.10. The maximum atomic E-state index is 9.21. The normalized spacial score (nSPS) is 10.6. The van der Waals surface area contributed by atoms with Crippen LogP contribution in [0.5, 0.6) is 5.75 Å². The second-order valence-electron chi connectivity index (χ2n) is 2.96. The van der Waals surface area contributed by atoms with Crippen LogP contribution >= 0.6 is 15.9 Å². The van der Waals surface area contributed by atoms with Gasteiger partial charge in [0.1, 0.15) is 5.75 Å². The molecule has 1 N–H and O–H groups in total. The summed E-state index contributed by atoms with van der Waals surface area (Å²) in [6.45, 7) is 2.01. The molecule has 0 atom stereocenters. The van der Waals surface area contributed by atoms with E-state index in [-0.39, 0.29) is 5.75 Å². The van der Waals surface area contributed by atoms with Crippen LogP contribution in [-0.2, 0) is 0 Å². The van der Waals surface area contributed by atoms with Gasteiger partial charge in [-0.1, -0.05) is 12.1 Å². The first-order valence-corrected chi connectivity index (χ1v) is 4.71. The fraction of sp³-hybridized carbons (Fsp3) is 0.100. The SMILES string of the molecule is Cc1ccc2cc(O)cnc2c1Br. The summed E-state index contributed by atoms with van der Waals surface area (Å²) in [5.41, 5.74) is 2.03. The molecule has 2 rings (SSSR count). The number of aromatic hydroxyl groups is 1. The molecule has 66 valence electrons. The van der Waals surface area contributed by atoms with Crippen LogP contribution in [0.4, 0.5) is 0 Å². The highest BCUT2D eigenvalue weighted by atomic mass is 79.9. The molecule has 1 aromatic heterocycles. The van der Waals surface area contributed by atoms with E-state index < -0.39 is 0 Å². The number of aromatic nitrogens is 1. The molecule has 13 heavy (non-hydrogen) atoms. The number of aryl methyl sites for hydroxylation is 1. The first-order chi connectivity index (χ1) is 6.18. The predicted molar refractivity (Wildman–Crippen MR) is 55.8 cm³/mol. The average Bonchev–Trinajstić information content (AvgIpc) is 2.12. The van der Waals surface area contributed by atoms with Crippen molar-refractivity contribution < 1.29 is 5.11 Å². The molecule has 1 aromatic carbocycles. The summed E-state index contributed by atoms with van der Waals surface area (Å²) in [7, 11) is 0. The van der Waals surface area contributed by atoms with Gasteiger partial charge in [0.15, 0.2) is 0 Å². The lowest BCUT2D eigenvalue weighted by atomic mass is 10.1. The predicted octanol–water partition coefficient (Wildman–Crippen LogP) is 3.01. The van der Waals surface area contributed by atoms with Crippen molar-refractivity contribution in [3.05, 3.63) is 34.4 Å². The van der Waals surface area contributed by atoms with E-state index in [1.54, 1.807) is 6.07 Å². The molecule has 0 unspecified atom stereocenters. The van der Waals surface area contributed by atoms with Crippen LogP contribution in [0.3, 0.4) is 0 Å². The number of halogens is 1. The van der Waals surface area contributed by atoms with Crippen LogP contribution in [0.2, 0.25) is 0 Å². The Kier molecular flexibility index (Phi) is 1.96. The van der Waals surface area contributed by atoms with Crippen molar-refractivity contribution in [3.63, 3.8) is 0 Å². The zero-order chi connectivity index (χ0) is 9.42. The molecule has 0 aliphatic carbocycles. The molecule has 0 aliphatic heterocycles. The van der Waals surface area contributed by atoms with Gasteiger partial charge in [-0.25, -0.2) is 0 Å². The lowest BCUT2D eigenvalue weighted by Gasteiger charge is -2.02. The van der Waals surface area contributed by atoms with Crippen LogP contribution in [0, 0.1) is 6.92 Å². The van der Waals surface area contributed by atoms with Crippen LogP contribution in [0.25, 0.3) is 10.9 Å². The number of fused-ring (bicyclic) bond motifs is 1.